The zero-order valence-corrected chi connectivity index (χ0v) is 9.00. The predicted octanol–water partition coefficient (Wildman–Crippen LogP) is -0.303. The first kappa shape index (κ1) is 11.0. The van der Waals surface area contributed by atoms with Crippen LogP contribution < -0.4 is 5.32 Å². The second-order valence-corrected chi connectivity index (χ2v) is 3.79. The van der Waals surface area contributed by atoms with E-state index in [9.17, 15) is 10.1 Å². The number of nitrogens with one attached hydrogen (secondary N) is 1. The molecule has 0 amide bonds. The zero-order valence-electron chi connectivity index (χ0n) is 9.00. The van der Waals surface area contributed by atoms with E-state index >= 15 is 0 Å². The highest BCUT2D eigenvalue weighted by Crippen LogP contribution is 2.05. The summed E-state index contributed by atoms with van der Waals surface area (Å²) in [5, 5.41) is 17.6. The van der Waals surface area contributed by atoms with Gasteiger partial charge in [-0.2, -0.15) is 4.68 Å². The van der Waals surface area contributed by atoms with Crippen molar-refractivity contribution in [1.29, 1.82) is 0 Å². The summed E-state index contributed by atoms with van der Waals surface area (Å²) >= 11 is 0. The highest BCUT2D eigenvalue weighted by molar-refractivity contribution is 5.13. The lowest BCUT2D eigenvalue weighted by Crippen LogP contribution is -2.44. The molecule has 2 rings (SSSR count). The molecule has 0 aliphatic carbocycles. The van der Waals surface area contributed by atoms with Gasteiger partial charge in [-0.05, 0) is 4.92 Å². The monoisotopic (exact) mass is 225 g/mol. The van der Waals surface area contributed by atoms with Crippen LogP contribution in [0.15, 0.2) is 12.3 Å². The Morgan fingerprint density at radius 1 is 1.44 bits per heavy atom. The lowest BCUT2D eigenvalue weighted by atomic mass is 10.3. The molecule has 7 nitrogen and oxygen atoms in total. The second kappa shape index (κ2) is 5.04. The Morgan fingerprint density at radius 3 is 2.81 bits per heavy atom. The van der Waals surface area contributed by atoms with E-state index < -0.39 is 4.92 Å². The molecule has 16 heavy (non-hydrogen) atoms. The smallest absolute Gasteiger partial charge is 0.358 e. The fourth-order valence-corrected chi connectivity index (χ4v) is 1.75. The average molecular weight is 225 g/mol. The molecule has 1 aliphatic heterocycles. The largest absolute Gasteiger partial charge is 0.389 e. The third-order valence-electron chi connectivity index (χ3n) is 2.67. The molecule has 7 heteroatoms. The number of nitro groups is 1. The van der Waals surface area contributed by atoms with Gasteiger partial charge in [-0.15, -0.1) is 0 Å². The normalized spacial score (nSPS) is 17.5. The fourth-order valence-electron chi connectivity index (χ4n) is 1.75. The Balaban J connectivity index is 1.81. The van der Waals surface area contributed by atoms with Crippen molar-refractivity contribution in [2.75, 3.05) is 32.7 Å². The molecule has 1 aliphatic rings. The minimum Gasteiger partial charge on any atom is -0.358 e. The van der Waals surface area contributed by atoms with Crippen LogP contribution in [0.25, 0.3) is 0 Å². The lowest BCUT2D eigenvalue weighted by Gasteiger charge is -2.26. The van der Waals surface area contributed by atoms with Crippen LogP contribution in [-0.4, -0.2) is 52.3 Å². The Morgan fingerprint density at radius 2 is 2.19 bits per heavy atom. The molecule has 0 aromatic carbocycles. The summed E-state index contributed by atoms with van der Waals surface area (Å²) in [7, 11) is 0. The summed E-state index contributed by atoms with van der Waals surface area (Å²) < 4.78 is 1.63. The molecule has 0 radical (unpaired) electrons. The van der Waals surface area contributed by atoms with Crippen LogP contribution in [-0.2, 0) is 6.54 Å². The van der Waals surface area contributed by atoms with Crippen molar-refractivity contribution in [3.63, 3.8) is 0 Å². The Kier molecular flexibility index (Phi) is 3.47. The van der Waals surface area contributed by atoms with E-state index in [1.165, 1.54) is 6.07 Å². The van der Waals surface area contributed by atoms with Gasteiger partial charge in [-0.3, -0.25) is 4.90 Å². The molecule has 0 saturated carbocycles. The molecular formula is C9H15N5O2. The molecule has 1 N–H and O–H groups in total. The molecule has 1 fully saturated rings. The van der Waals surface area contributed by atoms with Gasteiger partial charge in [0.1, 0.15) is 0 Å². The van der Waals surface area contributed by atoms with Crippen molar-refractivity contribution in [1.82, 2.24) is 20.0 Å². The van der Waals surface area contributed by atoms with Crippen LogP contribution in [0.4, 0.5) is 5.82 Å². The minimum atomic E-state index is -0.471. The first-order valence-electron chi connectivity index (χ1n) is 5.36. The first-order chi connectivity index (χ1) is 7.75. The Labute approximate surface area is 93.2 Å². The SMILES string of the molecule is O=[N+]([O-])c1ccn(CCN2CCNCC2)n1. The van der Waals surface area contributed by atoms with Gasteiger partial charge in [0, 0.05) is 32.7 Å². The second-order valence-electron chi connectivity index (χ2n) is 3.79. The third kappa shape index (κ3) is 2.77. The van der Waals surface area contributed by atoms with E-state index in [2.05, 4.69) is 15.3 Å². The maximum Gasteiger partial charge on any atom is 0.389 e. The van der Waals surface area contributed by atoms with Crippen molar-refractivity contribution < 1.29 is 4.92 Å². The van der Waals surface area contributed by atoms with Crippen molar-refractivity contribution in [3.8, 4) is 0 Å². The van der Waals surface area contributed by atoms with Gasteiger partial charge in [0.2, 0.25) is 0 Å². The molecule has 1 saturated heterocycles. The Bertz CT molecular complexity index is 359. The fraction of sp³-hybridized carbons (Fsp3) is 0.667. The summed E-state index contributed by atoms with van der Waals surface area (Å²) in [5.41, 5.74) is 0. The molecule has 1 aromatic heterocycles. The molecule has 0 atom stereocenters. The van der Waals surface area contributed by atoms with Gasteiger partial charge in [0.05, 0.1) is 23.9 Å². The molecule has 0 spiro atoms. The van der Waals surface area contributed by atoms with Crippen molar-refractivity contribution in [3.05, 3.63) is 22.4 Å². The quantitative estimate of drug-likeness (QED) is 0.562. The van der Waals surface area contributed by atoms with Crippen molar-refractivity contribution in [2.45, 2.75) is 6.54 Å². The summed E-state index contributed by atoms with van der Waals surface area (Å²) in [6.45, 7) is 5.68. The highest BCUT2D eigenvalue weighted by Gasteiger charge is 2.13. The van der Waals surface area contributed by atoms with E-state index in [-0.39, 0.29) is 5.82 Å². The van der Waals surface area contributed by atoms with Crippen LogP contribution >= 0.6 is 0 Å². The van der Waals surface area contributed by atoms with Gasteiger partial charge >= 0.3 is 5.82 Å². The van der Waals surface area contributed by atoms with Crippen LogP contribution in [0, 0.1) is 10.1 Å². The summed E-state index contributed by atoms with van der Waals surface area (Å²) in [5.74, 6) is -0.0830. The van der Waals surface area contributed by atoms with Gasteiger partial charge in [0.25, 0.3) is 0 Å². The van der Waals surface area contributed by atoms with E-state index in [0.29, 0.717) is 6.54 Å². The maximum absolute atomic E-state index is 10.4. The first-order valence-corrected chi connectivity index (χ1v) is 5.36. The minimum absolute atomic E-state index is 0.0830. The highest BCUT2D eigenvalue weighted by atomic mass is 16.6. The number of piperazine rings is 1. The summed E-state index contributed by atoms with van der Waals surface area (Å²) in [6.07, 6.45) is 1.65. The molecule has 0 bridgehead atoms. The van der Waals surface area contributed by atoms with Crippen molar-refractivity contribution >= 4 is 5.82 Å². The number of hydrogen-bond acceptors (Lipinski definition) is 5. The third-order valence-corrected chi connectivity index (χ3v) is 2.67. The summed E-state index contributed by atoms with van der Waals surface area (Å²) in [4.78, 5) is 12.3. The van der Waals surface area contributed by atoms with E-state index in [1.807, 2.05) is 0 Å². The Hall–Kier alpha value is -1.47. The van der Waals surface area contributed by atoms with E-state index in [0.717, 1.165) is 32.7 Å². The van der Waals surface area contributed by atoms with Gasteiger partial charge in [0.15, 0.2) is 0 Å². The van der Waals surface area contributed by atoms with Crippen LogP contribution in [0.3, 0.4) is 0 Å². The molecule has 2 heterocycles. The number of hydrogen-bond donors (Lipinski definition) is 1. The van der Waals surface area contributed by atoms with Crippen molar-refractivity contribution in [2.24, 2.45) is 0 Å². The van der Waals surface area contributed by atoms with Gasteiger partial charge in [-0.1, -0.05) is 0 Å². The number of rotatable bonds is 4. The van der Waals surface area contributed by atoms with Crippen LogP contribution in [0.5, 0.6) is 0 Å². The van der Waals surface area contributed by atoms with Crippen LogP contribution in [0.1, 0.15) is 0 Å². The van der Waals surface area contributed by atoms with Crippen LogP contribution in [0.2, 0.25) is 0 Å². The van der Waals surface area contributed by atoms with E-state index in [1.54, 1.807) is 10.9 Å². The molecule has 88 valence electrons. The maximum atomic E-state index is 10.4. The van der Waals surface area contributed by atoms with E-state index in [4.69, 9.17) is 0 Å². The number of aromatic nitrogens is 2. The molecular weight excluding hydrogens is 210 g/mol. The summed E-state index contributed by atoms with van der Waals surface area (Å²) in [6, 6.07) is 1.43. The topological polar surface area (TPSA) is 76.2 Å². The molecule has 1 aromatic rings. The zero-order chi connectivity index (χ0) is 11.4. The average Bonchev–Trinajstić information content (AvgIpc) is 2.76. The predicted molar refractivity (Wildman–Crippen MR) is 58.2 cm³/mol. The van der Waals surface area contributed by atoms with Gasteiger partial charge < -0.3 is 15.4 Å². The standard InChI is InChI=1S/C9H15N5O2/c15-14(16)9-1-4-13(11-9)8-7-12-5-2-10-3-6-12/h1,4,10H,2-3,5-8H2. The molecule has 0 unspecified atom stereocenters. The van der Waals surface area contributed by atoms with Gasteiger partial charge in [-0.25, -0.2) is 0 Å². The number of nitrogens with zero attached hydrogens (tertiary/aromatic N) is 4. The lowest BCUT2D eigenvalue weighted by molar-refractivity contribution is -0.389.